The Labute approximate surface area is 98.0 Å². The topological polar surface area (TPSA) is 58.2 Å². The molecule has 2 amide bonds. The molecule has 0 spiro atoms. The number of alkyl halides is 1. The van der Waals surface area contributed by atoms with E-state index in [1.165, 1.54) is 0 Å². The molecule has 0 aromatic heterocycles. The molecule has 0 fully saturated rings. The lowest BCUT2D eigenvalue weighted by Gasteiger charge is -2.07. The van der Waals surface area contributed by atoms with E-state index >= 15 is 0 Å². The molecule has 5 heteroatoms. The third kappa shape index (κ3) is 2.17. The standard InChI is InChI=1S/C11H11ClN2O2/c1-6(12)11(16)13-8-3-2-7-4-10(15)14-9(7)5-8/h2-3,5-6H,4H2,1H3,(H,13,16)(H,14,15). The zero-order valence-corrected chi connectivity index (χ0v) is 9.47. The van der Waals surface area contributed by atoms with Crippen LogP contribution in [-0.2, 0) is 16.0 Å². The van der Waals surface area contributed by atoms with Gasteiger partial charge in [0.15, 0.2) is 0 Å². The lowest BCUT2D eigenvalue weighted by Crippen LogP contribution is -2.20. The average molecular weight is 239 g/mol. The van der Waals surface area contributed by atoms with Crippen LogP contribution in [0.15, 0.2) is 18.2 Å². The third-order valence-corrected chi connectivity index (χ3v) is 2.56. The second kappa shape index (κ2) is 4.14. The second-order valence-corrected chi connectivity index (χ2v) is 4.36. The lowest BCUT2D eigenvalue weighted by molar-refractivity contribution is -0.116. The first kappa shape index (κ1) is 11.0. The van der Waals surface area contributed by atoms with Crippen molar-refractivity contribution in [3.63, 3.8) is 0 Å². The van der Waals surface area contributed by atoms with Gasteiger partial charge in [-0.2, -0.15) is 0 Å². The number of fused-ring (bicyclic) bond motifs is 1. The minimum absolute atomic E-state index is 0.0239. The number of nitrogens with one attached hydrogen (secondary N) is 2. The number of amides is 2. The summed E-state index contributed by atoms with van der Waals surface area (Å²) in [5.41, 5.74) is 2.34. The van der Waals surface area contributed by atoms with E-state index in [0.717, 1.165) is 11.3 Å². The summed E-state index contributed by atoms with van der Waals surface area (Å²) >= 11 is 5.64. The van der Waals surface area contributed by atoms with Crippen molar-refractivity contribution in [3.8, 4) is 0 Å². The molecule has 0 aliphatic carbocycles. The fourth-order valence-electron chi connectivity index (χ4n) is 1.53. The molecule has 0 saturated carbocycles. The molecule has 1 aromatic rings. The first-order chi connectivity index (χ1) is 7.56. The third-order valence-electron chi connectivity index (χ3n) is 2.36. The molecule has 1 aliphatic rings. The maximum Gasteiger partial charge on any atom is 0.242 e. The molecule has 2 rings (SSSR count). The number of carbonyl (C=O) groups excluding carboxylic acids is 2. The van der Waals surface area contributed by atoms with Crippen molar-refractivity contribution in [2.75, 3.05) is 10.6 Å². The van der Waals surface area contributed by atoms with Crippen LogP contribution in [-0.4, -0.2) is 17.2 Å². The van der Waals surface area contributed by atoms with Crippen LogP contribution in [0.2, 0.25) is 0 Å². The highest BCUT2D eigenvalue weighted by Crippen LogP contribution is 2.26. The number of benzene rings is 1. The summed E-state index contributed by atoms with van der Waals surface area (Å²) < 4.78 is 0. The Kier molecular flexibility index (Phi) is 2.83. The van der Waals surface area contributed by atoms with E-state index < -0.39 is 5.38 Å². The predicted molar refractivity (Wildman–Crippen MR) is 62.7 cm³/mol. The predicted octanol–water partition coefficient (Wildman–Crippen LogP) is 1.75. The normalized spacial score (nSPS) is 15.2. The van der Waals surface area contributed by atoms with Crippen LogP contribution >= 0.6 is 11.6 Å². The van der Waals surface area contributed by atoms with Gasteiger partial charge in [0.2, 0.25) is 11.8 Å². The van der Waals surface area contributed by atoms with Gasteiger partial charge in [-0.1, -0.05) is 6.07 Å². The van der Waals surface area contributed by atoms with Gasteiger partial charge in [0.05, 0.1) is 6.42 Å². The average Bonchev–Trinajstić information content (AvgIpc) is 2.57. The van der Waals surface area contributed by atoms with E-state index in [1.807, 2.05) is 6.07 Å². The maximum absolute atomic E-state index is 11.3. The van der Waals surface area contributed by atoms with Crippen molar-refractivity contribution in [3.05, 3.63) is 23.8 Å². The van der Waals surface area contributed by atoms with E-state index in [2.05, 4.69) is 10.6 Å². The van der Waals surface area contributed by atoms with Gasteiger partial charge < -0.3 is 10.6 Å². The molecule has 1 heterocycles. The summed E-state index contributed by atoms with van der Waals surface area (Å²) in [5.74, 6) is -0.282. The molecule has 1 aromatic carbocycles. The summed E-state index contributed by atoms with van der Waals surface area (Å²) in [7, 11) is 0. The van der Waals surface area contributed by atoms with Crippen LogP contribution in [0.25, 0.3) is 0 Å². The second-order valence-electron chi connectivity index (χ2n) is 3.70. The van der Waals surface area contributed by atoms with Gasteiger partial charge in [-0.3, -0.25) is 9.59 Å². The minimum Gasteiger partial charge on any atom is -0.325 e. The molecular formula is C11H11ClN2O2. The van der Waals surface area contributed by atoms with Crippen molar-refractivity contribution in [2.45, 2.75) is 18.7 Å². The first-order valence-electron chi connectivity index (χ1n) is 4.94. The van der Waals surface area contributed by atoms with Crippen molar-refractivity contribution in [1.29, 1.82) is 0 Å². The summed E-state index contributed by atoms with van der Waals surface area (Å²) in [5, 5.41) is 4.80. The van der Waals surface area contributed by atoms with E-state index in [0.29, 0.717) is 12.1 Å². The first-order valence-corrected chi connectivity index (χ1v) is 5.37. The van der Waals surface area contributed by atoms with Crippen LogP contribution in [0.3, 0.4) is 0 Å². The van der Waals surface area contributed by atoms with E-state index in [-0.39, 0.29) is 11.8 Å². The van der Waals surface area contributed by atoms with Gasteiger partial charge in [-0.15, -0.1) is 11.6 Å². The number of rotatable bonds is 2. The zero-order chi connectivity index (χ0) is 11.7. The highest BCUT2D eigenvalue weighted by Gasteiger charge is 2.18. The molecule has 1 aliphatic heterocycles. The van der Waals surface area contributed by atoms with Crippen LogP contribution < -0.4 is 10.6 Å². The SMILES string of the molecule is CC(Cl)C(=O)Nc1ccc2c(c1)NC(=O)C2. The molecule has 16 heavy (non-hydrogen) atoms. The largest absolute Gasteiger partial charge is 0.325 e. The summed E-state index contributed by atoms with van der Waals surface area (Å²) in [6, 6.07) is 5.31. The Hall–Kier alpha value is -1.55. The minimum atomic E-state index is -0.581. The molecule has 4 nitrogen and oxygen atoms in total. The van der Waals surface area contributed by atoms with Crippen LogP contribution in [0.5, 0.6) is 0 Å². The number of hydrogen-bond acceptors (Lipinski definition) is 2. The monoisotopic (exact) mass is 238 g/mol. The quantitative estimate of drug-likeness (QED) is 0.772. The Bertz CT molecular complexity index is 457. The van der Waals surface area contributed by atoms with Gasteiger partial charge in [-0.05, 0) is 24.6 Å². The molecule has 0 saturated heterocycles. The summed E-state index contributed by atoms with van der Waals surface area (Å²) in [4.78, 5) is 22.5. The number of carbonyl (C=O) groups is 2. The highest BCUT2D eigenvalue weighted by molar-refractivity contribution is 6.32. The molecular weight excluding hydrogens is 228 g/mol. The zero-order valence-electron chi connectivity index (χ0n) is 8.71. The smallest absolute Gasteiger partial charge is 0.242 e. The van der Waals surface area contributed by atoms with E-state index in [4.69, 9.17) is 11.6 Å². The summed E-state index contributed by atoms with van der Waals surface area (Å²) in [6.45, 7) is 1.60. The number of hydrogen-bond donors (Lipinski definition) is 2. The maximum atomic E-state index is 11.3. The van der Waals surface area contributed by atoms with Gasteiger partial charge in [0.25, 0.3) is 0 Å². The van der Waals surface area contributed by atoms with Gasteiger partial charge in [0.1, 0.15) is 5.38 Å². The molecule has 0 bridgehead atoms. The van der Waals surface area contributed by atoms with E-state index in [1.54, 1.807) is 19.1 Å². The van der Waals surface area contributed by atoms with E-state index in [9.17, 15) is 9.59 Å². The lowest BCUT2D eigenvalue weighted by atomic mass is 10.1. The van der Waals surface area contributed by atoms with Gasteiger partial charge in [-0.25, -0.2) is 0 Å². The molecule has 1 unspecified atom stereocenters. The van der Waals surface area contributed by atoms with Crippen LogP contribution in [0, 0.1) is 0 Å². The Morgan fingerprint density at radius 3 is 3.00 bits per heavy atom. The van der Waals surface area contributed by atoms with Gasteiger partial charge >= 0.3 is 0 Å². The summed E-state index contributed by atoms with van der Waals surface area (Å²) in [6.07, 6.45) is 0.398. The number of halogens is 1. The Balaban J connectivity index is 2.17. The van der Waals surface area contributed by atoms with Gasteiger partial charge in [0, 0.05) is 11.4 Å². The molecule has 2 N–H and O–H groups in total. The van der Waals surface area contributed by atoms with Crippen molar-refractivity contribution >= 4 is 34.8 Å². The van der Waals surface area contributed by atoms with Crippen molar-refractivity contribution in [1.82, 2.24) is 0 Å². The molecule has 1 atom stereocenters. The Morgan fingerprint density at radius 1 is 1.56 bits per heavy atom. The van der Waals surface area contributed by atoms with Crippen LogP contribution in [0.1, 0.15) is 12.5 Å². The van der Waals surface area contributed by atoms with Crippen molar-refractivity contribution in [2.24, 2.45) is 0 Å². The fraction of sp³-hybridized carbons (Fsp3) is 0.273. The Morgan fingerprint density at radius 2 is 2.31 bits per heavy atom. The molecule has 0 radical (unpaired) electrons. The molecule has 84 valence electrons. The van der Waals surface area contributed by atoms with Crippen molar-refractivity contribution < 1.29 is 9.59 Å². The highest BCUT2D eigenvalue weighted by atomic mass is 35.5. The fourth-order valence-corrected chi connectivity index (χ4v) is 1.59. The number of anilines is 2. The van der Waals surface area contributed by atoms with Crippen LogP contribution in [0.4, 0.5) is 11.4 Å².